The fourth-order valence-corrected chi connectivity index (χ4v) is 1.98. The molecule has 0 saturated carbocycles. The van der Waals surface area contributed by atoms with Crippen molar-refractivity contribution in [1.82, 2.24) is 10.2 Å². The molecule has 0 aromatic rings. The summed E-state index contributed by atoms with van der Waals surface area (Å²) in [5, 5.41) is 3.46. The van der Waals surface area contributed by atoms with E-state index in [0.29, 0.717) is 6.04 Å². The maximum absolute atomic E-state index is 5.40. The second-order valence-electron chi connectivity index (χ2n) is 4.73. The lowest BCUT2D eigenvalue weighted by molar-refractivity contribution is 0.168. The average Bonchev–Trinajstić information content (AvgIpc) is 2.68. The number of nitrogens with one attached hydrogen (secondary N) is 1. The lowest BCUT2D eigenvalue weighted by atomic mass is 10.1. The predicted octanol–water partition coefficient (Wildman–Crippen LogP) is 1.34. The monoisotopic (exact) mass is 214 g/mol. The summed E-state index contributed by atoms with van der Waals surface area (Å²) in [7, 11) is 0. The zero-order valence-electron chi connectivity index (χ0n) is 10.5. The van der Waals surface area contributed by atoms with Crippen LogP contribution in [0.4, 0.5) is 0 Å². The molecule has 1 aliphatic rings. The van der Waals surface area contributed by atoms with E-state index in [2.05, 4.69) is 31.0 Å². The Bertz CT molecular complexity index is 156. The van der Waals surface area contributed by atoms with Crippen molar-refractivity contribution in [2.45, 2.75) is 33.2 Å². The van der Waals surface area contributed by atoms with E-state index in [1.54, 1.807) is 0 Å². The quantitative estimate of drug-likeness (QED) is 0.692. The van der Waals surface area contributed by atoms with Crippen LogP contribution in [0.2, 0.25) is 0 Å². The molecule has 1 saturated heterocycles. The highest BCUT2D eigenvalue weighted by atomic mass is 16.5. The Hall–Kier alpha value is -0.120. The summed E-state index contributed by atoms with van der Waals surface area (Å²) in [6.07, 6.45) is 1.24. The van der Waals surface area contributed by atoms with E-state index >= 15 is 0 Å². The fraction of sp³-hybridized carbons (Fsp3) is 1.00. The Balaban J connectivity index is 2.11. The standard InChI is InChI=1S/C12H26N2O/c1-4-14(7-6-13-11(2)3)9-12-5-8-15-10-12/h11-13H,4-10H2,1-3H3. The third-order valence-electron chi connectivity index (χ3n) is 2.97. The Morgan fingerprint density at radius 2 is 2.27 bits per heavy atom. The van der Waals surface area contributed by atoms with Crippen molar-refractivity contribution in [2.24, 2.45) is 5.92 Å². The van der Waals surface area contributed by atoms with Gasteiger partial charge in [0.15, 0.2) is 0 Å². The smallest absolute Gasteiger partial charge is 0.0507 e. The van der Waals surface area contributed by atoms with Gasteiger partial charge in [-0.15, -0.1) is 0 Å². The van der Waals surface area contributed by atoms with E-state index in [9.17, 15) is 0 Å². The molecule has 1 unspecified atom stereocenters. The first-order valence-corrected chi connectivity index (χ1v) is 6.25. The van der Waals surface area contributed by atoms with Crippen LogP contribution in [0, 0.1) is 5.92 Å². The normalized spacial score (nSPS) is 21.8. The molecule has 0 aromatic carbocycles. The van der Waals surface area contributed by atoms with Crippen LogP contribution in [0.15, 0.2) is 0 Å². The van der Waals surface area contributed by atoms with Crippen molar-refractivity contribution in [1.29, 1.82) is 0 Å². The lowest BCUT2D eigenvalue weighted by Gasteiger charge is -2.23. The van der Waals surface area contributed by atoms with Crippen LogP contribution in [0.1, 0.15) is 27.2 Å². The first kappa shape index (κ1) is 12.9. The van der Waals surface area contributed by atoms with Crippen LogP contribution in [-0.4, -0.2) is 50.3 Å². The topological polar surface area (TPSA) is 24.5 Å². The minimum absolute atomic E-state index is 0.596. The van der Waals surface area contributed by atoms with Gasteiger partial charge in [-0.25, -0.2) is 0 Å². The summed E-state index contributed by atoms with van der Waals surface area (Å²) in [5.74, 6) is 0.768. The molecule has 0 bridgehead atoms. The highest BCUT2D eigenvalue weighted by molar-refractivity contribution is 4.70. The van der Waals surface area contributed by atoms with Crippen LogP contribution in [-0.2, 0) is 4.74 Å². The van der Waals surface area contributed by atoms with Crippen molar-refractivity contribution >= 4 is 0 Å². The summed E-state index contributed by atoms with van der Waals surface area (Å²) < 4.78 is 5.40. The van der Waals surface area contributed by atoms with Gasteiger partial charge in [0.1, 0.15) is 0 Å². The van der Waals surface area contributed by atoms with Gasteiger partial charge in [-0.1, -0.05) is 20.8 Å². The maximum atomic E-state index is 5.40. The fourth-order valence-electron chi connectivity index (χ4n) is 1.98. The molecule has 3 heteroatoms. The highest BCUT2D eigenvalue weighted by Gasteiger charge is 2.18. The molecule has 1 aliphatic heterocycles. The van der Waals surface area contributed by atoms with Crippen LogP contribution >= 0.6 is 0 Å². The molecule has 1 atom stereocenters. The first-order valence-electron chi connectivity index (χ1n) is 6.25. The summed E-state index contributed by atoms with van der Waals surface area (Å²) in [4.78, 5) is 2.52. The summed E-state index contributed by atoms with van der Waals surface area (Å²) in [6.45, 7) is 13.2. The minimum Gasteiger partial charge on any atom is -0.381 e. The molecule has 0 aliphatic carbocycles. The van der Waals surface area contributed by atoms with Gasteiger partial charge >= 0.3 is 0 Å². The minimum atomic E-state index is 0.596. The third kappa shape index (κ3) is 5.50. The van der Waals surface area contributed by atoms with Gasteiger partial charge in [-0.2, -0.15) is 0 Å². The van der Waals surface area contributed by atoms with Gasteiger partial charge in [0, 0.05) is 32.3 Å². The van der Waals surface area contributed by atoms with Gasteiger partial charge < -0.3 is 15.0 Å². The van der Waals surface area contributed by atoms with Crippen LogP contribution in [0.3, 0.4) is 0 Å². The van der Waals surface area contributed by atoms with Crippen molar-refractivity contribution in [3.63, 3.8) is 0 Å². The number of ether oxygens (including phenoxy) is 1. The largest absolute Gasteiger partial charge is 0.381 e. The van der Waals surface area contributed by atoms with Gasteiger partial charge in [0.05, 0.1) is 6.61 Å². The Morgan fingerprint density at radius 1 is 1.47 bits per heavy atom. The Kier molecular flexibility index (Phi) is 6.22. The van der Waals surface area contributed by atoms with Crippen molar-refractivity contribution in [3.8, 4) is 0 Å². The number of hydrogen-bond donors (Lipinski definition) is 1. The SMILES string of the molecule is CCN(CCNC(C)C)CC1CCOC1. The van der Waals surface area contributed by atoms with E-state index in [0.717, 1.165) is 38.8 Å². The Morgan fingerprint density at radius 3 is 2.80 bits per heavy atom. The lowest BCUT2D eigenvalue weighted by Crippen LogP contribution is -2.37. The van der Waals surface area contributed by atoms with Crippen LogP contribution in [0.5, 0.6) is 0 Å². The molecule has 1 N–H and O–H groups in total. The second kappa shape index (κ2) is 7.20. The molecule has 0 spiro atoms. The number of rotatable bonds is 7. The van der Waals surface area contributed by atoms with Crippen LogP contribution < -0.4 is 5.32 Å². The molecule has 0 amide bonds. The van der Waals surface area contributed by atoms with E-state index in [1.165, 1.54) is 13.0 Å². The first-order chi connectivity index (χ1) is 7.22. The molecule has 1 fully saturated rings. The van der Waals surface area contributed by atoms with Gasteiger partial charge in [0.2, 0.25) is 0 Å². The molecular formula is C12H26N2O. The summed E-state index contributed by atoms with van der Waals surface area (Å²) in [6, 6.07) is 0.596. The molecule has 1 heterocycles. The maximum Gasteiger partial charge on any atom is 0.0507 e. The molecule has 90 valence electrons. The van der Waals surface area contributed by atoms with Crippen molar-refractivity contribution < 1.29 is 4.74 Å². The van der Waals surface area contributed by atoms with Crippen LogP contribution in [0.25, 0.3) is 0 Å². The predicted molar refractivity (Wildman–Crippen MR) is 64.2 cm³/mol. The summed E-state index contributed by atoms with van der Waals surface area (Å²) >= 11 is 0. The molecule has 3 nitrogen and oxygen atoms in total. The highest BCUT2D eigenvalue weighted by Crippen LogP contribution is 2.13. The molecule has 15 heavy (non-hydrogen) atoms. The third-order valence-corrected chi connectivity index (χ3v) is 2.97. The Labute approximate surface area is 94.2 Å². The average molecular weight is 214 g/mol. The zero-order chi connectivity index (χ0) is 11.1. The van der Waals surface area contributed by atoms with E-state index in [-0.39, 0.29) is 0 Å². The van der Waals surface area contributed by atoms with Gasteiger partial charge in [0.25, 0.3) is 0 Å². The molecule has 0 radical (unpaired) electrons. The van der Waals surface area contributed by atoms with Crippen molar-refractivity contribution in [2.75, 3.05) is 39.4 Å². The summed E-state index contributed by atoms with van der Waals surface area (Å²) in [5.41, 5.74) is 0. The molecular weight excluding hydrogens is 188 g/mol. The van der Waals surface area contributed by atoms with E-state index in [4.69, 9.17) is 4.74 Å². The van der Waals surface area contributed by atoms with Gasteiger partial charge in [-0.3, -0.25) is 0 Å². The van der Waals surface area contributed by atoms with Crippen molar-refractivity contribution in [3.05, 3.63) is 0 Å². The zero-order valence-corrected chi connectivity index (χ0v) is 10.5. The molecule has 1 rings (SSSR count). The molecule has 0 aromatic heterocycles. The van der Waals surface area contributed by atoms with E-state index in [1.807, 2.05) is 0 Å². The number of nitrogens with zero attached hydrogens (tertiary/aromatic N) is 1. The number of hydrogen-bond acceptors (Lipinski definition) is 3. The number of likely N-dealkylation sites (N-methyl/N-ethyl adjacent to an activating group) is 1. The van der Waals surface area contributed by atoms with E-state index < -0.39 is 0 Å². The van der Waals surface area contributed by atoms with Gasteiger partial charge in [-0.05, 0) is 18.9 Å². The second-order valence-corrected chi connectivity index (χ2v) is 4.73.